The van der Waals surface area contributed by atoms with Gasteiger partial charge in [-0.25, -0.2) is 0 Å². The van der Waals surface area contributed by atoms with Gasteiger partial charge in [-0.15, -0.1) is 0 Å². The van der Waals surface area contributed by atoms with Crippen molar-refractivity contribution in [2.75, 3.05) is 39.4 Å². The van der Waals surface area contributed by atoms with Gasteiger partial charge in [0.1, 0.15) is 6.61 Å². The van der Waals surface area contributed by atoms with Crippen molar-refractivity contribution < 1.29 is 14.3 Å². The quantitative estimate of drug-likeness (QED) is 0.816. The van der Waals surface area contributed by atoms with E-state index in [0.29, 0.717) is 6.61 Å². The molecule has 24 heavy (non-hydrogen) atoms. The number of amides is 1. The zero-order valence-corrected chi connectivity index (χ0v) is 14.9. The largest absolute Gasteiger partial charge is 0.371 e. The van der Waals surface area contributed by atoms with Crippen molar-refractivity contribution in [1.82, 2.24) is 9.80 Å². The average Bonchev–Trinajstić information content (AvgIpc) is 3.35. The Kier molecular flexibility index (Phi) is 4.90. The van der Waals surface area contributed by atoms with E-state index in [0.717, 1.165) is 58.4 Å². The fraction of sp³-hybridized carbons (Fsp3) is 0.722. The monoisotopic (exact) mass is 350 g/mol. The highest BCUT2D eigenvalue weighted by Gasteiger charge is 2.46. The molecule has 0 aromatic carbocycles. The lowest BCUT2D eigenvalue weighted by atomic mass is 9.98. The first-order chi connectivity index (χ1) is 11.7. The van der Waals surface area contributed by atoms with Gasteiger partial charge in [0.15, 0.2) is 0 Å². The molecule has 0 radical (unpaired) electrons. The van der Waals surface area contributed by atoms with Crippen LogP contribution < -0.4 is 0 Å². The van der Waals surface area contributed by atoms with E-state index in [2.05, 4.69) is 21.7 Å². The Hall–Kier alpha value is -0.950. The second kappa shape index (κ2) is 7.12. The van der Waals surface area contributed by atoms with Crippen LogP contribution in [0.3, 0.4) is 0 Å². The molecule has 3 saturated heterocycles. The van der Waals surface area contributed by atoms with Crippen LogP contribution >= 0.6 is 11.3 Å². The normalized spacial score (nSPS) is 30.7. The number of carbonyl (C=O) groups is 1. The zero-order chi connectivity index (χ0) is 16.4. The lowest BCUT2D eigenvalue weighted by Gasteiger charge is -2.23. The number of hydrogen-bond donors (Lipinski definition) is 0. The van der Waals surface area contributed by atoms with Gasteiger partial charge in [0.05, 0.1) is 18.3 Å². The van der Waals surface area contributed by atoms with E-state index in [1.54, 1.807) is 11.3 Å². The first-order valence-electron chi connectivity index (χ1n) is 8.99. The summed E-state index contributed by atoms with van der Waals surface area (Å²) in [5, 5.41) is 4.35. The maximum atomic E-state index is 12.1. The van der Waals surface area contributed by atoms with Gasteiger partial charge in [0.2, 0.25) is 5.91 Å². The van der Waals surface area contributed by atoms with Crippen LogP contribution in [0.4, 0.5) is 0 Å². The van der Waals surface area contributed by atoms with Gasteiger partial charge in [-0.1, -0.05) is 0 Å². The number of ether oxygens (including phenoxy) is 2. The maximum absolute atomic E-state index is 12.1. The summed E-state index contributed by atoms with van der Waals surface area (Å²) in [5.41, 5.74) is 1.33. The maximum Gasteiger partial charge on any atom is 0.248 e. The second-order valence-electron chi connectivity index (χ2n) is 7.31. The van der Waals surface area contributed by atoms with Gasteiger partial charge < -0.3 is 14.4 Å². The van der Waals surface area contributed by atoms with Gasteiger partial charge in [0, 0.05) is 39.1 Å². The van der Waals surface area contributed by atoms with E-state index in [-0.39, 0.29) is 24.2 Å². The minimum atomic E-state index is -0.0582. The summed E-state index contributed by atoms with van der Waals surface area (Å²) in [6.45, 7) is 5.68. The summed E-state index contributed by atoms with van der Waals surface area (Å²) in [6.07, 6.45) is 4.30. The van der Waals surface area contributed by atoms with Gasteiger partial charge in [-0.05, 0) is 41.7 Å². The average molecular weight is 350 g/mol. The van der Waals surface area contributed by atoms with E-state index in [1.807, 2.05) is 4.90 Å². The van der Waals surface area contributed by atoms with Crippen LogP contribution in [0.1, 0.15) is 31.2 Å². The Morgan fingerprint density at radius 2 is 2.25 bits per heavy atom. The molecule has 6 heteroatoms. The summed E-state index contributed by atoms with van der Waals surface area (Å²) in [6, 6.07) is 2.20. The van der Waals surface area contributed by atoms with E-state index in [1.165, 1.54) is 5.56 Å². The standard InChI is InChI=1S/C18H26N2O3S/c21-17(20-5-1-2-6-20)12-22-16-9-18(23-11-16)4-7-19(14-18)10-15-3-8-24-13-15/h3,8,13,16H,1-2,4-7,9-12,14H2/t16-,18-/m1/s1. The number of likely N-dealkylation sites (tertiary alicyclic amines) is 2. The fourth-order valence-electron chi connectivity index (χ4n) is 4.14. The van der Waals surface area contributed by atoms with Crippen molar-refractivity contribution in [3.8, 4) is 0 Å². The topological polar surface area (TPSA) is 42.0 Å². The Labute approximate surface area is 147 Å². The highest BCUT2D eigenvalue weighted by atomic mass is 32.1. The Morgan fingerprint density at radius 3 is 3.04 bits per heavy atom. The van der Waals surface area contributed by atoms with E-state index in [9.17, 15) is 4.79 Å². The molecule has 0 unspecified atom stereocenters. The molecular weight excluding hydrogens is 324 g/mol. The smallest absolute Gasteiger partial charge is 0.248 e. The minimum Gasteiger partial charge on any atom is -0.371 e. The van der Waals surface area contributed by atoms with Gasteiger partial charge in [0.25, 0.3) is 0 Å². The molecule has 132 valence electrons. The first kappa shape index (κ1) is 16.5. The third-order valence-electron chi connectivity index (χ3n) is 5.46. The van der Waals surface area contributed by atoms with Gasteiger partial charge >= 0.3 is 0 Å². The lowest BCUT2D eigenvalue weighted by molar-refractivity contribution is -0.137. The summed E-state index contributed by atoms with van der Waals surface area (Å²) >= 11 is 1.75. The molecule has 1 aromatic heterocycles. The van der Waals surface area contributed by atoms with Gasteiger partial charge in [-0.2, -0.15) is 11.3 Å². The molecular formula is C18H26N2O3S. The summed E-state index contributed by atoms with van der Waals surface area (Å²) in [7, 11) is 0. The third kappa shape index (κ3) is 3.67. The van der Waals surface area contributed by atoms with Crippen molar-refractivity contribution in [1.29, 1.82) is 0 Å². The van der Waals surface area contributed by atoms with Crippen molar-refractivity contribution in [3.05, 3.63) is 22.4 Å². The van der Waals surface area contributed by atoms with E-state index >= 15 is 0 Å². The zero-order valence-electron chi connectivity index (χ0n) is 14.1. The molecule has 0 saturated carbocycles. The van der Waals surface area contributed by atoms with Crippen LogP contribution in [-0.2, 0) is 20.8 Å². The number of thiophene rings is 1. The molecule has 3 aliphatic rings. The molecule has 1 aromatic rings. The molecule has 1 amide bonds. The second-order valence-corrected chi connectivity index (χ2v) is 8.09. The molecule has 3 fully saturated rings. The van der Waals surface area contributed by atoms with Crippen molar-refractivity contribution in [3.63, 3.8) is 0 Å². The van der Waals surface area contributed by atoms with Crippen LogP contribution in [0.5, 0.6) is 0 Å². The Morgan fingerprint density at radius 1 is 1.38 bits per heavy atom. The number of hydrogen-bond acceptors (Lipinski definition) is 5. The number of carbonyl (C=O) groups excluding carboxylic acids is 1. The van der Waals surface area contributed by atoms with Crippen LogP contribution in [-0.4, -0.2) is 66.8 Å². The molecule has 4 heterocycles. The molecule has 0 bridgehead atoms. The van der Waals surface area contributed by atoms with Crippen molar-refractivity contribution in [2.24, 2.45) is 0 Å². The summed E-state index contributed by atoms with van der Waals surface area (Å²) in [4.78, 5) is 16.5. The summed E-state index contributed by atoms with van der Waals surface area (Å²) < 4.78 is 12.0. The highest BCUT2D eigenvalue weighted by Crippen LogP contribution is 2.36. The molecule has 3 aliphatic heterocycles. The number of nitrogens with zero attached hydrogens (tertiary/aromatic N) is 2. The predicted octanol–water partition coefficient (Wildman–Crippen LogP) is 2.12. The van der Waals surface area contributed by atoms with Crippen molar-refractivity contribution in [2.45, 2.75) is 43.9 Å². The fourth-order valence-corrected chi connectivity index (χ4v) is 4.80. The minimum absolute atomic E-state index is 0.0582. The van der Waals surface area contributed by atoms with E-state index < -0.39 is 0 Å². The van der Waals surface area contributed by atoms with Crippen LogP contribution in [0.25, 0.3) is 0 Å². The SMILES string of the molecule is O=C(CO[C@H]1CO[C@]2(CCN(Cc3ccsc3)C2)C1)N1CCCC1. The number of rotatable bonds is 5. The molecule has 4 rings (SSSR count). The van der Waals surface area contributed by atoms with Crippen LogP contribution in [0.2, 0.25) is 0 Å². The molecule has 5 nitrogen and oxygen atoms in total. The molecule has 0 aliphatic carbocycles. The third-order valence-corrected chi connectivity index (χ3v) is 6.19. The predicted molar refractivity (Wildman–Crippen MR) is 93.1 cm³/mol. The van der Waals surface area contributed by atoms with Crippen LogP contribution in [0, 0.1) is 0 Å². The Bertz CT molecular complexity index is 559. The Balaban J connectivity index is 1.23. The molecule has 2 atom stereocenters. The van der Waals surface area contributed by atoms with E-state index in [4.69, 9.17) is 9.47 Å². The molecule has 0 N–H and O–H groups in total. The first-order valence-corrected chi connectivity index (χ1v) is 9.94. The lowest BCUT2D eigenvalue weighted by Crippen LogP contribution is -2.34. The highest BCUT2D eigenvalue weighted by molar-refractivity contribution is 7.07. The van der Waals surface area contributed by atoms with Gasteiger partial charge in [-0.3, -0.25) is 9.69 Å². The molecule has 1 spiro atoms. The van der Waals surface area contributed by atoms with Crippen molar-refractivity contribution >= 4 is 17.2 Å². The van der Waals surface area contributed by atoms with Crippen LogP contribution in [0.15, 0.2) is 16.8 Å². The summed E-state index contributed by atoms with van der Waals surface area (Å²) in [5.74, 6) is 0.138.